The molecule has 0 aromatic heterocycles. The molecule has 0 saturated heterocycles. The quantitative estimate of drug-likeness (QED) is 0.380. The van der Waals surface area contributed by atoms with Crippen LogP contribution in [0.1, 0.15) is 18.4 Å². The van der Waals surface area contributed by atoms with E-state index in [4.69, 9.17) is 5.73 Å². The van der Waals surface area contributed by atoms with Gasteiger partial charge >= 0.3 is 5.97 Å². The number of carbonyl (C=O) groups is 1. The molecule has 1 aromatic carbocycles. The van der Waals surface area contributed by atoms with Gasteiger partial charge in [0.2, 0.25) is 10.0 Å². The SMILES string of the molecule is COC(=O)CCCS(=O)(=O)NCc1cc(N)ccc1O. The number of nitrogen functional groups attached to an aromatic ring is 1. The van der Waals surface area contributed by atoms with Crippen molar-refractivity contribution < 1.29 is 23.1 Å². The lowest BCUT2D eigenvalue weighted by Gasteiger charge is -2.08. The highest BCUT2D eigenvalue weighted by atomic mass is 32.2. The van der Waals surface area contributed by atoms with Gasteiger partial charge < -0.3 is 15.6 Å². The van der Waals surface area contributed by atoms with Gasteiger partial charge in [-0.2, -0.15) is 0 Å². The van der Waals surface area contributed by atoms with Crippen LogP contribution in [0.3, 0.4) is 0 Å². The zero-order valence-electron chi connectivity index (χ0n) is 11.1. The Hall–Kier alpha value is -1.80. The highest BCUT2D eigenvalue weighted by molar-refractivity contribution is 7.89. The molecule has 0 heterocycles. The number of aromatic hydroxyl groups is 1. The summed E-state index contributed by atoms with van der Waals surface area (Å²) in [5, 5.41) is 9.56. The summed E-state index contributed by atoms with van der Waals surface area (Å²) in [5.41, 5.74) is 6.38. The lowest BCUT2D eigenvalue weighted by atomic mass is 10.2. The Morgan fingerprint density at radius 1 is 1.45 bits per heavy atom. The number of esters is 1. The summed E-state index contributed by atoms with van der Waals surface area (Å²) in [6, 6.07) is 4.41. The minimum Gasteiger partial charge on any atom is -0.508 e. The highest BCUT2D eigenvalue weighted by Crippen LogP contribution is 2.19. The minimum atomic E-state index is -3.52. The predicted molar refractivity (Wildman–Crippen MR) is 74.4 cm³/mol. The van der Waals surface area contributed by atoms with Gasteiger partial charge in [-0.05, 0) is 24.6 Å². The molecule has 0 fully saturated rings. The minimum absolute atomic E-state index is 0.0311. The Morgan fingerprint density at radius 2 is 2.15 bits per heavy atom. The molecule has 4 N–H and O–H groups in total. The second-order valence-electron chi connectivity index (χ2n) is 4.21. The van der Waals surface area contributed by atoms with Crippen LogP contribution < -0.4 is 10.5 Å². The van der Waals surface area contributed by atoms with E-state index >= 15 is 0 Å². The zero-order chi connectivity index (χ0) is 15.2. The largest absolute Gasteiger partial charge is 0.508 e. The molecule has 0 spiro atoms. The second kappa shape index (κ2) is 7.11. The molecule has 0 aliphatic rings. The van der Waals surface area contributed by atoms with E-state index < -0.39 is 16.0 Å². The fraction of sp³-hybridized carbons (Fsp3) is 0.417. The predicted octanol–water partition coefficient (Wildman–Crippen LogP) is 0.347. The molecule has 0 amide bonds. The molecule has 0 saturated carbocycles. The van der Waals surface area contributed by atoms with Crippen molar-refractivity contribution in [2.24, 2.45) is 0 Å². The average Bonchev–Trinajstić information content (AvgIpc) is 2.39. The van der Waals surface area contributed by atoms with Crippen LogP contribution in [0.15, 0.2) is 18.2 Å². The van der Waals surface area contributed by atoms with E-state index in [1.54, 1.807) is 0 Å². The van der Waals surface area contributed by atoms with Crippen LogP contribution >= 0.6 is 0 Å². The summed E-state index contributed by atoms with van der Waals surface area (Å²) in [6.45, 7) is -0.0581. The van der Waals surface area contributed by atoms with E-state index in [0.717, 1.165) is 0 Å². The van der Waals surface area contributed by atoms with Crippen LogP contribution in [-0.2, 0) is 26.1 Å². The van der Waals surface area contributed by atoms with E-state index in [2.05, 4.69) is 9.46 Å². The van der Waals surface area contributed by atoms with Crippen molar-refractivity contribution in [3.05, 3.63) is 23.8 Å². The maximum Gasteiger partial charge on any atom is 0.305 e. The number of hydrogen-bond donors (Lipinski definition) is 3. The maximum atomic E-state index is 11.7. The van der Waals surface area contributed by atoms with Crippen molar-refractivity contribution in [1.29, 1.82) is 0 Å². The lowest BCUT2D eigenvalue weighted by molar-refractivity contribution is -0.140. The number of phenolic OH excluding ortho intramolecular Hbond substituents is 1. The van der Waals surface area contributed by atoms with E-state index in [9.17, 15) is 18.3 Å². The topological polar surface area (TPSA) is 119 Å². The fourth-order valence-corrected chi connectivity index (χ4v) is 2.56. The molecule has 8 heteroatoms. The number of hydrogen-bond acceptors (Lipinski definition) is 6. The molecule has 0 radical (unpaired) electrons. The molecule has 0 aliphatic heterocycles. The Labute approximate surface area is 117 Å². The van der Waals surface area contributed by atoms with Crippen LogP contribution in [0, 0.1) is 0 Å². The van der Waals surface area contributed by atoms with Crippen molar-refractivity contribution >= 4 is 21.7 Å². The zero-order valence-corrected chi connectivity index (χ0v) is 11.9. The third kappa shape index (κ3) is 5.45. The Balaban J connectivity index is 2.51. The van der Waals surface area contributed by atoms with E-state index in [0.29, 0.717) is 11.3 Å². The van der Waals surface area contributed by atoms with Crippen molar-refractivity contribution in [2.75, 3.05) is 18.6 Å². The summed E-state index contributed by atoms with van der Waals surface area (Å²) < 4.78 is 30.1. The number of ether oxygens (including phenoxy) is 1. The number of sulfonamides is 1. The molecule has 112 valence electrons. The van der Waals surface area contributed by atoms with Gasteiger partial charge in [-0.1, -0.05) is 0 Å². The molecular weight excluding hydrogens is 284 g/mol. The summed E-state index contributed by atoms with van der Waals surface area (Å²) >= 11 is 0. The third-order valence-electron chi connectivity index (χ3n) is 2.61. The van der Waals surface area contributed by atoms with Crippen molar-refractivity contribution in [3.8, 4) is 5.75 Å². The molecule has 0 aliphatic carbocycles. The second-order valence-corrected chi connectivity index (χ2v) is 6.13. The van der Waals surface area contributed by atoms with Gasteiger partial charge in [0.15, 0.2) is 0 Å². The van der Waals surface area contributed by atoms with Gasteiger partial charge in [0, 0.05) is 24.2 Å². The highest BCUT2D eigenvalue weighted by Gasteiger charge is 2.12. The van der Waals surface area contributed by atoms with Gasteiger partial charge in [0.1, 0.15) is 5.75 Å². The summed E-state index contributed by atoms with van der Waals surface area (Å²) in [6.07, 6.45) is 0.214. The molecule has 1 rings (SSSR count). The first-order chi connectivity index (χ1) is 9.34. The average molecular weight is 302 g/mol. The first kappa shape index (κ1) is 16.3. The number of anilines is 1. The van der Waals surface area contributed by atoms with Crippen LogP contribution in [0.2, 0.25) is 0 Å². The lowest BCUT2D eigenvalue weighted by Crippen LogP contribution is -2.26. The number of benzene rings is 1. The first-order valence-electron chi connectivity index (χ1n) is 5.95. The molecule has 0 atom stereocenters. The number of nitrogens with two attached hydrogens (primary N) is 1. The van der Waals surface area contributed by atoms with E-state index in [1.165, 1.54) is 25.3 Å². The molecule has 20 heavy (non-hydrogen) atoms. The Morgan fingerprint density at radius 3 is 2.80 bits per heavy atom. The van der Waals surface area contributed by atoms with Crippen LogP contribution in [0.4, 0.5) is 5.69 Å². The molecule has 0 unspecified atom stereocenters. The van der Waals surface area contributed by atoms with Crippen molar-refractivity contribution in [1.82, 2.24) is 4.72 Å². The van der Waals surface area contributed by atoms with Crippen LogP contribution in [0.5, 0.6) is 5.75 Å². The third-order valence-corrected chi connectivity index (χ3v) is 4.02. The smallest absolute Gasteiger partial charge is 0.305 e. The summed E-state index contributed by atoms with van der Waals surface area (Å²) in [4.78, 5) is 10.9. The molecule has 0 bridgehead atoms. The van der Waals surface area contributed by atoms with Crippen molar-refractivity contribution in [3.63, 3.8) is 0 Å². The van der Waals surface area contributed by atoms with Gasteiger partial charge in [0.25, 0.3) is 0 Å². The van der Waals surface area contributed by atoms with Gasteiger partial charge in [-0.25, -0.2) is 13.1 Å². The van der Waals surface area contributed by atoms with E-state index in [1.807, 2.05) is 0 Å². The number of nitrogens with one attached hydrogen (secondary N) is 1. The monoisotopic (exact) mass is 302 g/mol. The number of methoxy groups -OCH3 is 1. The molecule has 1 aromatic rings. The Kier molecular flexibility index (Phi) is 5.78. The van der Waals surface area contributed by atoms with Crippen molar-refractivity contribution in [2.45, 2.75) is 19.4 Å². The number of phenols is 1. The normalized spacial score (nSPS) is 11.2. The fourth-order valence-electron chi connectivity index (χ4n) is 1.52. The first-order valence-corrected chi connectivity index (χ1v) is 7.61. The van der Waals surface area contributed by atoms with Crippen LogP contribution in [-0.4, -0.2) is 32.4 Å². The summed E-state index contributed by atoms with van der Waals surface area (Å²) in [7, 11) is -2.28. The number of rotatable bonds is 7. The molecular formula is C12H18N2O5S. The number of carbonyl (C=O) groups excluding carboxylic acids is 1. The standard InChI is InChI=1S/C12H18N2O5S/c1-19-12(16)3-2-6-20(17,18)14-8-9-7-10(13)4-5-11(9)15/h4-5,7,14-15H,2-3,6,8,13H2,1H3. The van der Waals surface area contributed by atoms with Crippen LogP contribution in [0.25, 0.3) is 0 Å². The maximum absolute atomic E-state index is 11.7. The summed E-state index contributed by atoms with van der Waals surface area (Å²) in [5.74, 6) is -0.671. The van der Waals surface area contributed by atoms with E-state index in [-0.39, 0.29) is 30.9 Å². The van der Waals surface area contributed by atoms with Gasteiger partial charge in [-0.15, -0.1) is 0 Å². The Bertz CT molecular complexity index is 571. The molecule has 7 nitrogen and oxygen atoms in total. The van der Waals surface area contributed by atoms with Gasteiger partial charge in [-0.3, -0.25) is 4.79 Å². The van der Waals surface area contributed by atoms with Gasteiger partial charge in [0.05, 0.1) is 12.9 Å².